The maximum Gasteiger partial charge on any atom is 0.416 e. The number of nitrogens with two attached hydrogens (primary N) is 1. The second-order valence-corrected chi connectivity index (χ2v) is 8.80. The molecule has 2 aromatic heterocycles. The third-order valence-electron chi connectivity index (χ3n) is 5.71. The molecule has 0 aliphatic carbocycles. The number of carbonyl (C=O) groups is 1. The van der Waals surface area contributed by atoms with Gasteiger partial charge in [-0.3, -0.25) is 0 Å². The number of urea groups is 1. The summed E-state index contributed by atoms with van der Waals surface area (Å²) in [5, 5.41) is 12.3. The number of anilines is 3. The van der Waals surface area contributed by atoms with Crippen molar-refractivity contribution in [2.45, 2.75) is 12.7 Å². The van der Waals surface area contributed by atoms with E-state index in [1.807, 2.05) is 20.3 Å². The number of nitrogens with one attached hydrogen (secondary N) is 3. The first kappa shape index (κ1) is 26.8. The van der Waals surface area contributed by atoms with Crippen molar-refractivity contribution in [3.63, 3.8) is 0 Å². The molecule has 0 aliphatic rings. The predicted molar refractivity (Wildman–Crippen MR) is 137 cm³/mol. The van der Waals surface area contributed by atoms with Crippen LogP contribution in [0.1, 0.15) is 11.1 Å². The van der Waals surface area contributed by atoms with Crippen LogP contribution in [0.2, 0.25) is 0 Å². The summed E-state index contributed by atoms with van der Waals surface area (Å²) in [6.45, 7) is 2.18. The Kier molecular flexibility index (Phi) is 7.78. The minimum Gasteiger partial charge on any atom is -0.382 e. The van der Waals surface area contributed by atoms with E-state index in [0.29, 0.717) is 41.8 Å². The maximum atomic E-state index is 14.0. The lowest BCUT2D eigenvalue weighted by atomic mass is 10.0. The van der Waals surface area contributed by atoms with E-state index >= 15 is 0 Å². The maximum absolute atomic E-state index is 14.0. The van der Waals surface area contributed by atoms with Gasteiger partial charge in [-0.05, 0) is 55.6 Å². The number of nitrogens with zero attached hydrogens (tertiary/aromatic N) is 4. The van der Waals surface area contributed by atoms with Crippen LogP contribution in [0.3, 0.4) is 0 Å². The van der Waals surface area contributed by atoms with Crippen LogP contribution in [-0.2, 0) is 12.7 Å². The average Bonchev–Trinajstić information content (AvgIpc) is 3.22. The van der Waals surface area contributed by atoms with Crippen molar-refractivity contribution in [3.05, 3.63) is 71.9 Å². The van der Waals surface area contributed by atoms with Crippen LogP contribution in [0, 0.1) is 5.82 Å². The number of carbonyl (C=O) groups excluding carboxylic acids is 1. The Balaban J connectivity index is 1.53. The van der Waals surface area contributed by atoms with E-state index in [1.165, 1.54) is 6.33 Å². The number of aromatic nitrogens is 3. The molecule has 38 heavy (non-hydrogen) atoms. The number of rotatable bonds is 8. The van der Waals surface area contributed by atoms with Crippen LogP contribution in [-0.4, -0.2) is 52.7 Å². The second-order valence-electron chi connectivity index (χ2n) is 8.80. The number of benzene rings is 2. The summed E-state index contributed by atoms with van der Waals surface area (Å²) < 4.78 is 54.4. The lowest BCUT2D eigenvalue weighted by Gasteiger charge is -2.13. The first-order chi connectivity index (χ1) is 18.0. The molecule has 4 rings (SSSR count). The van der Waals surface area contributed by atoms with E-state index in [-0.39, 0.29) is 0 Å². The molecular weight excluding hydrogens is 504 g/mol. The molecule has 0 saturated carbocycles. The predicted octanol–water partition coefficient (Wildman–Crippen LogP) is 4.43. The summed E-state index contributed by atoms with van der Waals surface area (Å²) in [4.78, 5) is 18.5. The topological polar surface area (TPSA) is 113 Å². The minimum atomic E-state index is -4.67. The van der Waals surface area contributed by atoms with Gasteiger partial charge in [-0.1, -0.05) is 12.1 Å². The fourth-order valence-electron chi connectivity index (χ4n) is 3.87. The third kappa shape index (κ3) is 6.18. The molecule has 5 N–H and O–H groups in total. The Morgan fingerprint density at radius 3 is 2.53 bits per heavy atom. The Labute approximate surface area is 215 Å². The molecule has 0 fully saturated rings. The average molecular weight is 531 g/mol. The molecular formula is C25H26F4N8O. The van der Waals surface area contributed by atoms with Gasteiger partial charge < -0.3 is 26.6 Å². The molecule has 2 amide bonds. The SMILES string of the molecule is CN(C)CCNCc1cn2ncnc(N)c2c1-c1ccc(NC(=O)Nc2cc(C(F)(F)F)ccc2F)cc1. The number of amides is 2. The molecule has 0 spiro atoms. The monoisotopic (exact) mass is 530 g/mol. The summed E-state index contributed by atoms with van der Waals surface area (Å²) >= 11 is 0. The molecule has 200 valence electrons. The van der Waals surface area contributed by atoms with Crippen molar-refractivity contribution in [1.82, 2.24) is 24.8 Å². The second kappa shape index (κ2) is 11.0. The molecule has 0 radical (unpaired) electrons. The molecule has 0 atom stereocenters. The molecule has 2 heterocycles. The zero-order valence-corrected chi connectivity index (χ0v) is 20.6. The van der Waals surface area contributed by atoms with Crippen LogP contribution in [0.5, 0.6) is 0 Å². The summed E-state index contributed by atoms with van der Waals surface area (Å²) in [5.74, 6) is -0.685. The van der Waals surface area contributed by atoms with E-state index in [1.54, 1.807) is 28.8 Å². The molecule has 0 aliphatic heterocycles. The van der Waals surface area contributed by atoms with E-state index in [4.69, 9.17) is 5.73 Å². The Morgan fingerprint density at radius 2 is 1.84 bits per heavy atom. The highest BCUT2D eigenvalue weighted by Crippen LogP contribution is 2.34. The van der Waals surface area contributed by atoms with Crippen molar-refractivity contribution >= 4 is 28.7 Å². The summed E-state index contributed by atoms with van der Waals surface area (Å²) in [5.41, 5.74) is 8.02. The minimum absolute atomic E-state index is 0.305. The Hall–Kier alpha value is -4.23. The molecule has 2 aromatic carbocycles. The van der Waals surface area contributed by atoms with Gasteiger partial charge in [-0.2, -0.15) is 18.3 Å². The number of hydrogen-bond acceptors (Lipinski definition) is 6. The van der Waals surface area contributed by atoms with Gasteiger partial charge in [-0.25, -0.2) is 18.7 Å². The van der Waals surface area contributed by atoms with Crippen LogP contribution in [0.15, 0.2) is 55.0 Å². The summed E-state index contributed by atoms with van der Waals surface area (Å²) in [6.07, 6.45) is -1.43. The Bertz CT molecular complexity index is 1430. The normalized spacial score (nSPS) is 11.8. The zero-order valence-electron chi connectivity index (χ0n) is 20.6. The fourth-order valence-corrected chi connectivity index (χ4v) is 3.87. The standard InChI is InChI=1S/C25H26F4N8O/c1-36(2)10-9-31-12-16-13-37-22(23(30)32-14-33-37)21(16)15-3-6-18(7-4-15)34-24(38)35-20-11-17(25(27,28)29)5-8-19(20)26/h3-8,11,13-14,31H,9-10,12H2,1-2H3,(H2,30,32,33)(H2,34,35,38). The van der Waals surface area contributed by atoms with E-state index in [0.717, 1.165) is 29.8 Å². The van der Waals surface area contributed by atoms with Gasteiger partial charge in [0.15, 0.2) is 5.82 Å². The van der Waals surface area contributed by atoms with E-state index in [2.05, 4.69) is 30.9 Å². The molecule has 4 aromatic rings. The largest absolute Gasteiger partial charge is 0.416 e. The van der Waals surface area contributed by atoms with Gasteiger partial charge in [-0.15, -0.1) is 0 Å². The summed E-state index contributed by atoms with van der Waals surface area (Å²) in [7, 11) is 3.98. The van der Waals surface area contributed by atoms with Crippen molar-refractivity contribution in [3.8, 4) is 11.1 Å². The molecule has 0 saturated heterocycles. The number of alkyl halides is 3. The molecule has 9 nitrogen and oxygen atoms in total. The van der Waals surface area contributed by atoms with Crippen LogP contribution in [0.4, 0.5) is 39.5 Å². The first-order valence-electron chi connectivity index (χ1n) is 11.5. The van der Waals surface area contributed by atoms with Gasteiger partial charge in [0.05, 0.1) is 11.3 Å². The van der Waals surface area contributed by atoms with Crippen molar-refractivity contribution in [2.75, 3.05) is 43.6 Å². The molecule has 0 unspecified atom stereocenters. The highest BCUT2D eigenvalue weighted by atomic mass is 19.4. The number of nitrogen functional groups attached to an aromatic ring is 1. The quantitative estimate of drug-likeness (QED) is 0.198. The lowest BCUT2D eigenvalue weighted by molar-refractivity contribution is -0.137. The van der Waals surface area contributed by atoms with E-state index < -0.39 is 29.3 Å². The van der Waals surface area contributed by atoms with Crippen molar-refractivity contribution in [1.29, 1.82) is 0 Å². The third-order valence-corrected chi connectivity index (χ3v) is 5.71. The zero-order chi connectivity index (χ0) is 27.4. The van der Waals surface area contributed by atoms with Crippen LogP contribution in [0.25, 0.3) is 16.6 Å². The molecule has 0 bridgehead atoms. The smallest absolute Gasteiger partial charge is 0.382 e. The number of halogens is 4. The van der Waals surface area contributed by atoms with Gasteiger partial charge in [0, 0.05) is 37.1 Å². The lowest BCUT2D eigenvalue weighted by Crippen LogP contribution is -2.26. The van der Waals surface area contributed by atoms with Crippen LogP contribution < -0.4 is 21.7 Å². The van der Waals surface area contributed by atoms with Gasteiger partial charge in [0.1, 0.15) is 17.7 Å². The number of likely N-dealkylation sites (N-methyl/N-ethyl adjacent to an activating group) is 1. The highest BCUT2D eigenvalue weighted by Gasteiger charge is 2.31. The number of hydrogen-bond donors (Lipinski definition) is 4. The van der Waals surface area contributed by atoms with Gasteiger partial charge in [0.25, 0.3) is 0 Å². The molecule has 13 heteroatoms. The van der Waals surface area contributed by atoms with Gasteiger partial charge >= 0.3 is 12.2 Å². The summed E-state index contributed by atoms with van der Waals surface area (Å²) in [6, 6.07) is 7.64. The van der Waals surface area contributed by atoms with Crippen molar-refractivity contribution < 1.29 is 22.4 Å². The van der Waals surface area contributed by atoms with Crippen molar-refractivity contribution in [2.24, 2.45) is 0 Å². The fraction of sp³-hybridized carbons (Fsp3) is 0.240. The van der Waals surface area contributed by atoms with Crippen LogP contribution >= 0.6 is 0 Å². The first-order valence-corrected chi connectivity index (χ1v) is 11.5. The highest BCUT2D eigenvalue weighted by molar-refractivity contribution is 6.00. The Morgan fingerprint density at radius 1 is 1.11 bits per heavy atom. The van der Waals surface area contributed by atoms with E-state index in [9.17, 15) is 22.4 Å². The van der Waals surface area contributed by atoms with Gasteiger partial charge in [0.2, 0.25) is 0 Å². The number of fused-ring (bicyclic) bond motifs is 1.